The molecule has 0 aromatic heterocycles. The molecule has 1 heterocycles. The number of hydrogen-bond donors (Lipinski definition) is 1. The van der Waals surface area contributed by atoms with E-state index >= 15 is 0 Å². The van der Waals surface area contributed by atoms with Gasteiger partial charge in [0.15, 0.2) is 0 Å². The lowest BCUT2D eigenvalue weighted by Crippen LogP contribution is -2.58. The van der Waals surface area contributed by atoms with Crippen LogP contribution in [-0.2, 0) is 4.74 Å². The highest BCUT2D eigenvalue weighted by Gasteiger charge is 2.58. The van der Waals surface area contributed by atoms with Gasteiger partial charge in [0.2, 0.25) is 0 Å². The lowest BCUT2D eigenvalue weighted by molar-refractivity contribution is -0.132. The van der Waals surface area contributed by atoms with Gasteiger partial charge in [-0.05, 0) is 27.7 Å². The summed E-state index contributed by atoms with van der Waals surface area (Å²) < 4.78 is 42.4. The van der Waals surface area contributed by atoms with E-state index in [1.807, 2.05) is 6.07 Å². The molecular weight excluding hydrogens is 233 g/mol. The minimum absolute atomic E-state index is 0.222. The molecule has 3 nitrogen and oxygen atoms in total. The monoisotopic (exact) mass is 250 g/mol. The Morgan fingerprint density at radius 2 is 1.82 bits per heavy atom. The Morgan fingerprint density at radius 1 is 1.29 bits per heavy atom. The maximum absolute atomic E-state index is 12.2. The first-order valence-corrected chi connectivity index (χ1v) is 5.36. The highest BCUT2D eigenvalue weighted by atomic mass is 19.4. The molecule has 1 N–H and O–H groups in total. The number of hydrogen-bond acceptors (Lipinski definition) is 3. The number of alkyl halides is 3. The van der Waals surface area contributed by atoms with Crippen LogP contribution in [0, 0.1) is 11.3 Å². The fraction of sp³-hybridized carbons (Fsp3) is 0.909. The van der Waals surface area contributed by atoms with Crippen molar-refractivity contribution in [1.29, 1.82) is 5.26 Å². The second-order valence-corrected chi connectivity index (χ2v) is 5.53. The van der Waals surface area contributed by atoms with Crippen LogP contribution in [0.4, 0.5) is 13.2 Å². The normalized spacial score (nSPS) is 31.2. The molecule has 1 rings (SSSR count). The number of rotatable bonds is 2. The second kappa shape index (κ2) is 3.85. The Morgan fingerprint density at radius 3 is 2.12 bits per heavy atom. The molecule has 6 heteroatoms. The third kappa shape index (κ3) is 2.90. The molecule has 0 amide bonds. The quantitative estimate of drug-likeness (QED) is 0.818. The first-order valence-electron chi connectivity index (χ1n) is 5.36. The van der Waals surface area contributed by atoms with Gasteiger partial charge in [-0.1, -0.05) is 0 Å². The first-order chi connectivity index (χ1) is 7.43. The maximum Gasteiger partial charge on any atom is 0.401 e. The lowest BCUT2D eigenvalue weighted by Gasteiger charge is -2.34. The number of nitriles is 1. The predicted octanol–water partition coefficient (Wildman–Crippen LogP) is 2.38. The van der Waals surface area contributed by atoms with Gasteiger partial charge in [0.1, 0.15) is 5.54 Å². The van der Waals surface area contributed by atoms with Gasteiger partial charge < -0.3 is 4.74 Å². The van der Waals surface area contributed by atoms with E-state index in [0.29, 0.717) is 0 Å². The van der Waals surface area contributed by atoms with Crippen molar-refractivity contribution >= 4 is 0 Å². The van der Waals surface area contributed by atoms with Gasteiger partial charge in [0.25, 0.3) is 0 Å². The summed E-state index contributed by atoms with van der Waals surface area (Å²) >= 11 is 0. The summed E-state index contributed by atoms with van der Waals surface area (Å²) in [5.74, 6) is 0. The van der Waals surface area contributed by atoms with Crippen LogP contribution in [0.1, 0.15) is 34.1 Å². The summed E-state index contributed by atoms with van der Waals surface area (Å²) in [6.07, 6.45) is -4.12. The minimum atomic E-state index is -4.34. The molecule has 1 aliphatic rings. The van der Waals surface area contributed by atoms with Crippen molar-refractivity contribution in [2.45, 2.75) is 57.0 Å². The molecular formula is C11H17F3N2O. The molecule has 98 valence electrons. The predicted molar refractivity (Wildman–Crippen MR) is 56.3 cm³/mol. The summed E-state index contributed by atoms with van der Waals surface area (Å²) in [5, 5.41) is 11.5. The van der Waals surface area contributed by atoms with E-state index in [1.165, 1.54) is 0 Å². The van der Waals surface area contributed by atoms with Gasteiger partial charge in [-0.25, -0.2) is 0 Å². The average Bonchev–Trinajstić information content (AvgIpc) is 2.26. The molecule has 17 heavy (non-hydrogen) atoms. The molecule has 1 unspecified atom stereocenters. The van der Waals surface area contributed by atoms with Crippen LogP contribution in [0.3, 0.4) is 0 Å². The van der Waals surface area contributed by atoms with E-state index in [2.05, 4.69) is 5.32 Å². The summed E-state index contributed by atoms with van der Waals surface area (Å²) in [5.41, 5.74) is -2.89. The van der Waals surface area contributed by atoms with Gasteiger partial charge in [-0.3, -0.25) is 5.32 Å². The zero-order valence-electron chi connectivity index (χ0n) is 10.4. The highest BCUT2D eigenvalue weighted by molar-refractivity contribution is 5.23. The average molecular weight is 250 g/mol. The van der Waals surface area contributed by atoms with E-state index < -0.39 is 29.5 Å². The molecule has 0 aromatic rings. The zero-order valence-corrected chi connectivity index (χ0v) is 10.4. The third-order valence-electron chi connectivity index (χ3n) is 3.03. The van der Waals surface area contributed by atoms with E-state index in [1.54, 1.807) is 27.7 Å². The summed E-state index contributed by atoms with van der Waals surface area (Å²) in [6.45, 7) is 5.61. The van der Waals surface area contributed by atoms with Crippen LogP contribution in [0.25, 0.3) is 0 Å². The molecule has 0 aromatic carbocycles. The Balaban J connectivity index is 2.93. The summed E-state index contributed by atoms with van der Waals surface area (Å²) in [6, 6.07) is 1.96. The van der Waals surface area contributed by atoms with E-state index in [0.717, 1.165) is 0 Å². The summed E-state index contributed by atoms with van der Waals surface area (Å²) in [4.78, 5) is 0. The number of nitrogens with zero attached hydrogens (tertiary/aromatic N) is 1. The molecule has 0 aliphatic carbocycles. The Labute approximate surface area is 98.9 Å². The SMILES string of the molecule is CC1(C)CC(C#N)(NCC(F)(F)F)C(C)(C)O1. The highest BCUT2D eigenvalue weighted by Crippen LogP contribution is 2.44. The smallest absolute Gasteiger partial charge is 0.367 e. The Kier molecular flexibility index (Phi) is 3.23. The molecule has 1 saturated heterocycles. The molecule has 0 radical (unpaired) electrons. The fourth-order valence-electron chi connectivity index (χ4n) is 2.41. The first kappa shape index (κ1) is 14.3. The van der Waals surface area contributed by atoms with E-state index in [-0.39, 0.29) is 6.42 Å². The number of halogens is 3. The number of ether oxygens (including phenoxy) is 1. The van der Waals surface area contributed by atoms with Crippen LogP contribution in [0.5, 0.6) is 0 Å². The van der Waals surface area contributed by atoms with E-state index in [9.17, 15) is 18.4 Å². The van der Waals surface area contributed by atoms with Crippen molar-refractivity contribution in [3.05, 3.63) is 0 Å². The van der Waals surface area contributed by atoms with Gasteiger partial charge in [0.05, 0.1) is 23.8 Å². The fourth-order valence-corrected chi connectivity index (χ4v) is 2.41. The van der Waals surface area contributed by atoms with Crippen LogP contribution in [0.2, 0.25) is 0 Å². The molecule has 1 fully saturated rings. The molecule has 1 aliphatic heterocycles. The van der Waals surface area contributed by atoms with Gasteiger partial charge in [-0.2, -0.15) is 18.4 Å². The summed E-state index contributed by atoms with van der Waals surface area (Å²) in [7, 11) is 0. The van der Waals surface area contributed by atoms with E-state index in [4.69, 9.17) is 4.74 Å². The maximum atomic E-state index is 12.2. The third-order valence-corrected chi connectivity index (χ3v) is 3.03. The van der Waals surface area contributed by atoms with Crippen molar-refractivity contribution in [3.63, 3.8) is 0 Å². The van der Waals surface area contributed by atoms with Crippen molar-refractivity contribution in [3.8, 4) is 6.07 Å². The largest absolute Gasteiger partial charge is 0.401 e. The molecule has 1 atom stereocenters. The Bertz CT molecular complexity index is 344. The Hall–Kier alpha value is -0.800. The van der Waals surface area contributed by atoms with Crippen LogP contribution < -0.4 is 5.32 Å². The van der Waals surface area contributed by atoms with Gasteiger partial charge >= 0.3 is 6.18 Å². The topological polar surface area (TPSA) is 45.0 Å². The van der Waals surface area contributed by atoms with Crippen molar-refractivity contribution in [2.24, 2.45) is 0 Å². The standard InChI is InChI=1S/C11H17F3N2O/c1-8(2)5-10(6-15,9(3,4)17-8)16-7-11(12,13)14/h16H,5,7H2,1-4H3. The minimum Gasteiger partial charge on any atom is -0.367 e. The van der Waals surface area contributed by atoms with Gasteiger partial charge in [0, 0.05) is 6.42 Å². The van der Waals surface area contributed by atoms with Crippen LogP contribution in [0.15, 0.2) is 0 Å². The number of nitrogens with one attached hydrogen (secondary N) is 1. The molecule has 0 bridgehead atoms. The zero-order chi connectivity index (χ0) is 13.5. The van der Waals surface area contributed by atoms with Crippen molar-refractivity contribution < 1.29 is 17.9 Å². The van der Waals surface area contributed by atoms with Crippen LogP contribution in [-0.4, -0.2) is 29.5 Å². The van der Waals surface area contributed by atoms with Crippen LogP contribution >= 0.6 is 0 Å². The lowest BCUT2D eigenvalue weighted by atomic mass is 9.80. The second-order valence-electron chi connectivity index (χ2n) is 5.53. The molecule has 0 saturated carbocycles. The van der Waals surface area contributed by atoms with Gasteiger partial charge in [-0.15, -0.1) is 0 Å². The molecule has 0 spiro atoms. The van der Waals surface area contributed by atoms with Crippen molar-refractivity contribution in [1.82, 2.24) is 5.32 Å². The van der Waals surface area contributed by atoms with Crippen molar-refractivity contribution in [2.75, 3.05) is 6.54 Å².